The quantitative estimate of drug-likeness (QED) is 0.383. The molecule has 1 atom stereocenters. The van der Waals surface area contributed by atoms with Crippen LogP contribution in [0.4, 0.5) is 10.8 Å². The van der Waals surface area contributed by atoms with E-state index in [-0.39, 0.29) is 18.4 Å². The first-order valence-corrected chi connectivity index (χ1v) is 12.2. The maximum atomic E-state index is 12.9. The predicted octanol–water partition coefficient (Wildman–Crippen LogP) is 2.97. The van der Waals surface area contributed by atoms with Crippen molar-refractivity contribution in [1.82, 2.24) is 24.6 Å². The molecule has 4 aromatic rings. The zero-order valence-electron chi connectivity index (χ0n) is 19.6. The van der Waals surface area contributed by atoms with Crippen LogP contribution in [0.2, 0.25) is 0 Å². The average Bonchev–Trinajstić information content (AvgIpc) is 3.45. The number of carbonyl (C=O) groups excluding carboxylic acids is 2. The molecule has 1 aromatic carbocycles. The maximum absolute atomic E-state index is 12.9. The van der Waals surface area contributed by atoms with Crippen molar-refractivity contribution in [3.63, 3.8) is 0 Å². The first kappa shape index (κ1) is 23.0. The van der Waals surface area contributed by atoms with E-state index in [0.717, 1.165) is 30.5 Å². The van der Waals surface area contributed by atoms with Crippen LogP contribution in [0.25, 0.3) is 5.65 Å². The SMILES string of the molecule is CN(C)[C@H]1CCc2nc(NC(=O)c3cccc(CNC(=O)c4cn5ccc(N)cc5n4)c3)sc2C1. The van der Waals surface area contributed by atoms with Gasteiger partial charge in [0.05, 0.1) is 5.69 Å². The highest BCUT2D eigenvalue weighted by Crippen LogP contribution is 2.31. The summed E-state index contributed by atoms with van der Waals surface area (Å²) >= 11 is 1.55. The number of benzene rings is 1. The summed E-state index contributed by atoms with van der Waals surface area (Å²) in [5, 5.41) is 6.43. The molecule has 0 aliphatic heterocycles. The molecule has 9 nitrogen and oxygen atoms in total. The van der Waals surface area contributed by atoms with E-state index in [2.05, 4.69) is 39.6 Å². The summed E-state index contributed by atoms with van der Waals surface area (Å²) in [4.78, 5) is 37.9. The van der Waals surface area contributed by atoms with Gasteiger partial charge in [-0.1, -0.05) is 12.1 Å². The van der Waals surface area contributed by atoms with Crippen molar-refractivity contribution in [3.05, 3.63) is 76.2 Å². The molecule has 0 unspecified atom stereocenters. The van der Waals surface area contributed by atoms with Crippen LogP contribution in [-0.2, 0) is 19.4 Å². The number of fused-ring (bicyclic) bond motifs is 2. The molecular formula is C25H27N7O2S. The van der Waals surface area contributed by atoms with Crippen molar-refractivity contribution < 1.29 is 9.59 Å². The molecule has 3 aromatic heterocycles. The number of pyridine rings is 1. The summed E-state index contributed by atoms with van der Waals surface area (Å²) in [6.07, 6.45) is 6.39. The number of nitrogens with one attached hydrogen (secondary N) is 2. The zero-order valence-corrected chi connectivity index (χ0v) is 20.4. The standard InChI is InChI=1S/C25H27N7O2S/c1-31(2)18-6-7-19-21(12-18)35-25(29-19)30-23(33)16-5-3-4-15(10-16)13-27-24(34)20-14-32-9-8-17(26)11-22(32)28-20/h3-5,8-11,14,18H,6-7,12-13,26H2,1-2H3,(H,27,34)(H,29,30,33)/t18-/m0/s1. The highest BCUT2D eigenvalue weighted by molar-refractivity contribution is 7.15. The molecule has 0 radical (unpaired) electrons. The van der Waals surface area contributed by atoms with Gasteiger partial charge in [0, 0.05) is 47.2 Å². The number of aryl methyl sites for hydroxylation is 1. The monoisotopic (exact) mass is 489 g/mol. The summed E-state index contributed by atoms with van der Waals surface area (Å²) in [6, 6.07) is 11.2. The molecule has 0 saturated carbocycles. The Balaban J connectivity index is 1.22. The minimum Gasteiger partial charge on any atom is -0.399 e. The minimum atomic E-state index is -0.300. The number of carbonyl (C=O) groups is 2. The van der Waals surface area contributed by atoms with Crippen LogP contribution in [0.15, 0.2) is 48.8 Å². The molecule has 35 heavy (non-hydrogen) atoms. The Kier molecular flexibility index (Phi) is 6.23. The number of likely N-dealkylation sites (N-methyl/N-ethyl adjacent to an activating group) is 1. The Bertz CT molecular complexity index is 1410. The van der Waals surface area contributed by atoms with Gasteiger partial charge in [-0.3, -0.25) is 14.9 Å². The maximum Gasteiger partial charge on any atom is 0.271 e. The van der Waals surface area contributed by atoms with Gasteiger partial charge in [0.15, 0.2) is 5.13 Å². The number of thiazole rings is 1. The fraction of sp³-hybridized carbons (Fsp3) is 0.280. The van der Waals surface area contributed by atoms with Crippen LogP contribution in [-0.4, -0.2) is 51.2 Å². The number of amides is 2. The molecule has 2 amide bonds. The molecular weight excluding hydrogens is 462 g/mol. The van der Waals surface area contributed by atoms with E-state index in [1.807, 2.05) is 6.07 Å². The Morgan fingerprint density at radius 2 is 2.06 bits per heavy atom. The molecule has 3 heterocycles. The third-order valence-electron chi connectivity index (χ3n) is 6.22. The Hall–Kier alpha value is -3.76. The molecule has 1 aliphatic carbocycles. The molecule has 0 spiro atoms. The lowest BCUT2D eigenvalue weighted by Crippen LogP contribution is -2.32. The fourth-order valence-corrected chi connectivity index (χ4v) is 5.30. The number of anilines is 2. The van der Waals surface area contributed by atoms with Crippen LogP contribution in [0.1, 0.15) is 43.4 Å². The third-order valence-corrected chi connectivity index (χ3v) is 7.26. The summed E-state index contributed by atoms with van der Waals surface area (Å²) in [6.45, 7) is 0.271. The summed E-state index contributed by atoms with van der Waals surface area (Å²) in [5.74, 6) is -0.516. The third kappa shape index (κ3) is 5.03. The molecule has 5 rings (SSSR count). The molecule has 0 bridgehead atoms. The number of rotatable bonds is 6. The number of nitrogen functional groups attached to an aromatic ring is 1. The number of aromatic nitrogens is 3. The van der Waals surface area contributed by atoms with E-state index < -0.39 is 0 Å². The topological polar surface area (TPSA) is 118 Å². The zero-order chi connectivity index (χ0) is 24.5. The van der Waals surface area contributed by atoms with Crippen LogP contribution >= 0.6 is 11.3 Å². The first-order valence-electron chi connectivity index (χ1n) is 11.4. The fourth-order valence-electron chi connectivity index (χ4n) is 4.22. The Morgan fingerprint density at radius 1 is 1.20 bits per heavy atom. The van der Waals surface area contributed by atoms with Gasteiger partial charge in [0.25, 0.3) is 11.8 Å². The largest absolute Gasteiger partial charge is 0.399 e. The molecule has 180 valence electrons. The molecule has 4 N–H and O–H groups in total. The van der Waals surface area contributed by atoms with Crippen molar-refractivity contribution in [3.8, 4) is 0 Å². The van der Waals surface area contributed by atoms with E-state index in [4.69, 9.17) is 5.73 Å². The van der Waals surface area contributed by atoms with Gasteiger partial charge in [-0.05, 0) is 57.1 Å². The number of hydrogen-bond acceptors (Lipinski definition) is 7. The molecule has 0 fully saturated rings. The van der Waals surface area contributed by atoms with Gasteiger partial charge < -0.3 is 20.4 Å². The van der Waals surface area contributed by atoms with E-state index in [1.54, 1.807) is 58.5 Å². The van der Waals surface area contributed by atoms with Gasteiger partial charge >= 0.3 is 0 Å². The van der Waals surface area contributed by atoms with E-state index in [1.165, 1.54) is 4.88 Å². The van der Waals surface area contributed by atoms with Gasteiger partial charge in [-0.15, -0.1) is 11.3 Å². The smallest absolute Gasteiger partial charge is 0.271 e. The first-order chi connectivity index (χ1) is 16.9. The average molecular weight is 490 g/mol. The van der Waals surface area contributed by atoms with Crippen molar-refractivity contribution in [2.45, 2.75) is 31.8 Å². The predicted molar refractivity (Wildman–Crippen MR) is 137 cm³/mol. The normalized spacial score (nSPS) is 15.2. The van der Waals surface area contributed by atoms with E-state index in [0.29, 0.717) is 33.8 Å². The summed E-state index contributed by atoms with van der Waals surface area (Å²) in [5.41, 5.74) is 9.69. The highest BCUT2D eigenvalue weighted by Gasteiger charge is 2.24. The number of imidazole rings is 1. The van der Waals surface area contributed by atoms with Crippen LogP contribution < -0.4 is 16.4 Å². The minimum absolute atomic E-state index is 0.216. The molecule has 0 saturated heterocycles. The van der Waals surface area contributed by atoms with Crippen molar-refractivity contribution >= 4 is 39.6 Å². The van der Waals surface area contributed by atoms with Gasteiger partial charge in [0.2, 0.25) is 0 Å². The Labute approximate surface area is 207 Å². The van der Waals surface area contributed by atoms with E-state index in [9.17, 15) is 9.59 Å². The van der Waals surface area contributed by atoms with Crippen molar-refractivity contribution in [2.24, 2.45) is 0 Å². The van der Waals surface area contributed by atoms with Crippen LogP contribution in [0.3, 0.4) is 0 Å². The number of hydrogen-bond donors (Lipinski definition) is 3. The highest BCUT2D eigenvalue weighted by atomic mass is 32.1. The number of nitrogens with zero attached hydrogens (tertiary/aromatic N) is 4. The van der Waals surface area contributed by atoms with Crippen LogP contribution in [0.5, 0.6) is 0 Å². The Morgan fingerprint density at radius 3 is 2.89 bits per heavy atom. The van der Waals surface area contributed by atoms with Crippen molar-refractivity contribution in [1.29, 1.82) is 0 Å². The lowest BCUT2D eigenvalue weighted by molar-refractivity contribution is 0.0946. The second kappa shape index (κ2) is 9.47. The summed E-state index contributed by atoms with van der Waals surface area (Å²) in [7, 11) is 4.20. The second-order valence-electron chi connectivity index (χ2n) is 8.94. The summed E-state index contributed by atoms with van der Waals surface area (Å²) < 4.78 is 1.74. The van der Waals surface area contributed by atoms with Gasteiger partial charge in [-0.2, -0.15) is 0 Å². The number of nitrogens with two attached hydrogens (primary N) is 1. The van der Waals surface area contributed by atoms with Gasteiger partial charge in [-0.25, -0.2) is 9.97 Å². The van der Waals surface area contributed by atoms with Crippen molar-refractivity contribution in [2.75, 3.05) is 25.1 Å². The molecule has 1 aliphatic rings. The van der Waals surface area contributed by atoms with Crippen LogP contribution in [0, 0.1) is 0 Å². The lowest BCUT2D eigenvalue weighted by atomic mass is 9.97. The second-order valence-corrected chi connectivity index (χ2v) is 10.0. The van der Waals surface area contributed by atoms with Gasteiger partial charge in [0.1, 0.15) is 11.3 Å². The molecule has 10 heteroatoms. The lowest BCUT2D eigenvalue weighted by Gasteiger charge is -2.27. The van der Waals surface area contributed by atoms with E-state index >= 15 is 0 Å².